The third-order valence-electron chi connectivity index (χ3n) is 5.40. The summed E-state index contributed by atoms with van der Waals surface area (Å²) in [4.78, 5) is 44.1. The maximum atomic E-state index is 13.7. The number of fused-ring (bicyclic) bond motifs is 1. The highest BCUT2D eigenvalue weighted by molar-refractivity contribution is 6.28. The highest BCUT2D eigenvalue weighted by atomic mass is 16.7. The first-order valence-corrected chi connectivity index (χ1v) is 10.7. The molecule has 0 N–H and O–H groups in total. The van der Waals surface area contributed by atoms with Crippen molar-refractivity contribution in [3.8, 4) is 5.75 Å². The van der Waals surface area contributed by atoms with Crippen molar-refractivity contribution >= 4 is 23.6 Å². The number of hydrogen-bond acceptors (Lipinski definition) is 8. The lowest BCUT2D eigenvalue weighted by Gasteiger charge is -2.30. The topological polar surface area (TPSA) is 100 Å². The van der Waals surface area contributed by atoms with Crippen LogP contribution >= 0.6 is 0 Å². The van der Waals surface area contributed by atoms with E-state index in [9.17, 15) is 14.4 Å². The number of esters is 2. The molecule has 1 atom stereocenters. The fourth-order valence-electron chi connectivity index (χ4n) is 4.73. The molecule has 1 unspecified atom stereocenters. The molecule has 178 valence electrons. The Bertz CT molecular complexity index is 1100. The molecule has 0 saturated carbocycles. The van der Waals surface area contributed by atoms with Crippen molar-refractivity contribution in [2.75, 3.05) is 14.2 Å². The molecule has 8 nitrogen and oxygen atoms in total. The monoisotopic (exact) mass is 457 g/mol. The quantitative estimate of drug-likeness (QED) is 0.633. The zero-order valence-electron chi connectivity index (χ0n) is 20.7. The zero-order valence-corrected chi connectivity index (χ0v) is 20.7. The van der Waals surface area contributed by atoms with Crippen molar-refractivity contribution in [1.82, 2.24) is 0 Å². The van der Waals surface area contributed by atoms with Gasteiger partial charge in [0.25, 0.3) is 5.78 Å². The lowest BCUT2D eigenvalue weighted by Crippen LogP contribution is -2.45. The molecule has 2 heterocycles. The van der Waals surface area contributed by atoms with Crippen LogP contribution < -0.4 is 4.74 Å². The van der Waals surface area contributed by atoms with Gasteiger partial charge in [0, 0.05) is 0 Å². The van der Waals surface area contributed by atoms with Crippen LogP contribution in [0.2, 0.25) is 0 Å². The minimum Gasteiger partial charge on any atom is -0.465 e. The van der Waals surface area contributed by atoms with Crippen LogP contribution in [-0.2, 0) is 23.8 Å². The number of methoxy groups -OCH3 is 2. The molecule has 8 heteroatoms. The van der Waals surface area contributed by atoms with E-state index in [0.717, 1.165) is 12.7 Å². The third kappa shape index (κ3) is 4.26. The van der Waals surface area contributed by atoms with Gasteiger partial charge in [-0.1, -0.05) is 26.8 Å². The predicted octanol–water partition coefficient (Wildman–Crippen LogP) is 3.86. The van der Waals surface area contributed by atoms with Gasteiger partial charge in [0.2, 0.25) is 5.90 Å². The van der Waals surface area contributed by atoms with E-state index in [4.69, 9.17) is 18.9 Å². The second kappa shape index (κ2) is 8.01. The number of aryl methyl sites for hydroxylation is 2. The molecule has 0 saturated heterocycles. The average molecular weight is 458 g/mol. The Balaban J connectivity index is 2.27. The molecule has 2 aliphatic heterocycles. The van der Waals surface area contributed by atoms with Crippen LogP contribution in [0.4, 0.5) is 0 Å². The Morgan fingerprint density at radius 3 is 2.15 bits per heavy atom. The number of carbonyl (C=O) groups excluding carboxylic acids is 3. The van der Waals surface area contributed by atoms with Gasteiger partial charge in [-0.2, -0.15) is 0 Å². The lowest BCUT2D eigenvalue weighted by molar-refractivity contribution is -0.142. The maximum absolute atomic E-state index is 13.7. The molecule has 2 aliphatic rings. The number of aliphatic imine (C=N–C) groups is 1. The van der Waals surface area contributed by atoms with Crippen LogP contribution in [0.1, 0.15) is 62.5 Å². The van der Waals surface area contributed by atoms with Gasteiger partial charge in [0.1, 0.15) is 16.9 Å². The van der Waals surface area contributed by atoms with Crippen molar-refractivity contribution in [3.63, 3.8) is 0 Å². The first-order valence-electron chi connectivity index (χ1n) is 10.7. The first kappa shape index (κ1) is 24.5. The van der Waals surface area contributed by atoms with Crippen molar-refractivity contribution in [3.05, 3.63) is 40.0 Å². The summed E-state index contributed by atoms with van der Waals surface area (Å²) in [7, 11) is 2.32. The van der Waals surface area contributed by atoms with E-state index < -0.39 is 29.0 Å². The summed E-state index contributed by atoms with van der Waals surface area (Å²) < 4.78 is 21.9. The number of Topliss-reactive ketones (excluding diaryl/α,β-unsaturated/α-hetero) is 1. The SMILES string of the molecule is COC(=O)C1=C(C(=O)OC)C2(OC1=NC(C)(C)CC(C)(C)C)Oc1cc(C)cc(C)c1C2=O. The summed E-state index contributed by atoms with van der Waals surface area (Å²) in [5, 5.41) is 0. The van der Waals surface area contributed by atoms with E-state index in [1.54, 1.807) is 13.0 Å². The highest BCUT2D eigenvalue weighted by Gasteiger charge is 2.64. The van der Waals surface area contributed by atoms with Crippen molar-refractivity contribution in [1.29, 1.82) is 0 Å². The van der Waals surface area contributed by atoms with Gasteiger partial charge in [-0.3, -0.25) is 4.79 Å². The molecule has 0 amide bonds. The normalized spacial score (nSPS) is 21.2. The van der Waals surface area contributed by atoms with Crippen LogP contribution in [0, 0.1) is 19.3 Å². The molecule has 0 aliphatic carbocycles. The Kier molecular flexibility index (Phi) is 5.94. The molecule has 0 fully saturated rings. The van der Waals surface area contributed by atoms with E-state index in [0.29, 0.717) is 12.0 Å². The maximum Gasteiger partial charge on any atom is 0.353 e. The molecule has 33 heavy (non-hydrogen) atoms. The number of rotatable bonds is 4. The molecular formula is C25H31NO7. The standard InChI is InChI=1S/C25H31NO7/c1-13-10-14(2)16-15(11-13)32-25(19(16)27)18(22(29)31-9)17(21(28)30-8)20(33-25)26-24(6,7)12-23(3,4)5/h10-11H,12H2,1-9H3. The van der Waals surface area contributed by atoms with Crippen LogP contribution in [-0.4, -0.2) is 49.2 Å². The van der Waals surface area contributed by atoms with Gasteiger partial charge in [0.15, 0.2) is 0 Å². The third-order valence-corrected chi connectivity index (χ3v) is 5.40. The molecule has 3 rings (SSSR count). The Morgan fingerprint density at radius 1 is 1.00 bits per heavy atom. The van der Waals surface area contributed by atoms with Crippen molar-refractivity contribution in [2.24, 2.45) is 10.4 Å². The summed E-state index contributed by atoms with van der Waals surface area (Å²) >= 11 is 0. The molecule has 0 radical (unpaired) electrons. The van der Waals surface area contributed by atoms with Gasteiger partial charge in [0.05, 0.1) is 25.3 Å². The molecule has 1 aromatic rings. The first-order chi connectivity index (χ1) is 15.2. The molecule has 0 bridgehead atoms. The van der Waals surface area contributed by atoms with Gasteiger partial charge < -0.3 is 18.9 Å². The highest BCUT2D eigenvalue weighted by Crippen LogP contribution is 2.47. The van der Waals surface area contributed by atoms with Gasteiger partial charge in [-0.25, -0.2) is 14.6 Å². The van der Waals surface area contributed by atoms with E-state index in [1.807, 2.05) is 26.8 Å². The number of nitrogens with zero attached hydrogens (tertiary/aromatic N) is 1. The Morgan fingerprint density at radius 2 is 1.61 bits per heavy atom. The van der Waals surface area contributed by atoms with Gasteiger partial charge >= 0.3 is 17.7 Å². The van der Waals surface area contributed by atoms with E-state index in [-0.39, 0.29) is 33.8 Å². The summed E-state index contributed by atoms with van der Waals surface area (Å²) in [6, 6.07) is 3.52. The number of benzene rings is 1. The second-order valence-corrected chi connectivity index (χ2v) is 10.3. The number of ether oxygens (including phenoxy) is 4. The summed E-state index contributed by atoms with van der Waals surface area (Å²) in [5.74, 6) is -4.56. The average Bonchev–Trinajstić information content (AvgIpc) is 3.12. The van der Waals surface area contributed by atoms with Gasteiger partial charge in [-0.05, 0) is 56.7 Å². The smallest absolute Gasteiger partial charge is 0.353 e. The van der Waals surface area contributed by atoms with Gasteiger partial charge in [-0.15, -0.1) is 0 Å². The molecule has 1 aromatic carbocycles. The lowest BCUT2D eigenvalue weighted by atomic mass is 9.82. The predicted molar refractivity (Wildman–Crippen MR) is 121 cm³/mol. The number of hydrogen-bond donors (Lipinski definition) is 0. The Hall–Kier alpha value is -3.16. The summed E-state index contributed by atoms with van der Waals surface area (Å²) in [6.45, 7) is 13.6. The number of carbonyl (C=O) groups is 3. The largest absolute Gasteiger partial charge is 0.465 e. The minimum absolute atomic E-state index is 0.0886. The van der Waals surface area contributed by atoms with Crippen LogP contribution in [0.5, 0.6) is 5.75 Å². The zero-order chi connectivity index (χ0) is 24.9. The van der Waals surface area contributed by atoms with Crippen LogP contribution in [0.25, 0.3) is 0 Å². The van der Waals surface area contributed by atoms with E-state index in [2.05, 4.69) is 25.8 Å². The fraction of sp³-hybridized carbons (Fsp3) is 0.520. The fourth-order valence-corrected chi connectivity index (χ4v) is 4.73. The Labute approximate surface area is 193 Å². The minimum atomic E-state index is -2.21. The molecule has 0 aromatic heterocycles. The van der Waals surface area contributed by atoms with Crippen LogP contribution in [0.15, 0.2) is 28.3 Å². The van der Waals surface area contributed by atoms with Crippen molar-refractivity contribution < 1.29 is 33.3 Å². The van der Waals surface area contributed by atoms with Crippen LogP contribution in [0.3, 0.4) is 0 Å². The number of ketones is 1. The molecule has 1 spiro atoms. The van der Waals surface area contributed by atoms with E-state index in [1.165, 1.54) is 7.11 Å². The summed E-state index contributed by atoms with van der Waals surface area (Å²) in [6.07, 6.45) is 0.634. The second-order valence-electron chi connectivity index (χ2n) is 10.3. The molecular weight excluding hydrogens is 426 g/mol. The summed E-state index contributed by atoms with van der Waals surface area (Å²) in [5.41, 5.74) is 0.377. The van der Waals surface area contributed by atoms with E-state index >= 15 is 0 Å². The van der Waals surface area contributed by atoms with Crippen molar-refractivity contribution in [2.45, 2.75) is 66.2 Å².